The van der Waals surface area contributed by atoms with E-state index in [-0.39, 0.29) is 16.4 Å². The highest BCUT2D eigenvalue weighted by molar-refractivity contribution is 5.83. The molecule has 1 aliphatic rings. The van der Waals surface area contributed by atoms with Gasteiger partial charge in [0.05, 0.1) is 28.7 Å². The first kappa shape index (κ1) is 28.5. The van der Waals surface area contributed by atoms with Gasteiger partial charge in [-0.1, -0.05) is 32.9 Å². The number of aryl methyl sites for hydroxylation is 2. The van der Waals surface area contributed by atoms with Crippen LogP contribution in [0.25, 0.3) is 27.7 Å². The first-order chi connectivity index (χ1) is 20.4. The summed E-state index contributed by atoms with van der Waals surface area (Å²) in [6.45, 7) is 10.8. The Hall–Kier alpha value is -4.64. The number of halogens is 1. The number of hydrogen-bond donors (Lipinski definition) is 1. The van der Waals surface area contributed by atoms with E-state index in [0.29, 0.717) is 39.4 Å². The highest BCUT2D eigenvalue weighted by atomic mass is 19.1. The summed E-state index contributed by atoms with van der Waals surface area (Å²) in [5.41, 5.74) is 3.46. The van der Waals surface area contributed by atoms with Crippen molar-refractivity contribution < 1.29 is 4.39 Å². The molecule has 1 aliphatic heterocycles. The molecule has 11 heteroatoms. The summed E-state index contributed by atoms with van der Waals surface area (Å²) in [5, 5.41) is 17.1. The van der Waals surface area contributed by atoms with Crippen LogP contribution in [0.3, 0.4) is 0 Å². The van der Waals surface area contributed by atoms with Gasteiger partial charge in [-0.25, -0.2) is 9.07 Å². The van der Waals surface area contributed by atoms with Crippen molar-refractivity contribution in [2.24, 2.45) is 14.1 Å². The lowest BCUT2D eigenvalue weighted by Crippen LogP contribution is -2.36. The fraction of sp³-hybridized carbons (Fsp3) is 0.344. The number of nitrogens with zero attached hydrogens (tertiary/aromatic N) is 7. The number of fused-ring (bicyclic) bond motifs is 1. The van der Waals surface area contributed by atoms with Gasteiger partial charge in [-0.15, -0.1) is 0 Å². The molecule has 3 aromatic heterocycles. The largest absolute Gasteiger partial charge is 0.334 e. The molecule has 0 saturated carbocycles. The molecule has 5 aromatic rings. The SMILES string of the molecule is Cc1c(-c2cc(Nc3cc(CN4CCC4)n(C)n3)c(=O)n(C)n2)cccc1-n1ncc2cc(C(C)(C)C)cc(F)c2c1=O. The third kappa shape index (κ3) is 5.25. The van der Waals surface area contributed by atoms with Crippen LogP contribution in [0.2, 0.25) is 0 Å². The van der Waals surface area contributed by atoms with E-state index < -0.39 is 11.4 Å². The number of likely N-dealkylation sites (tertiary alicyclic amines) is 1. The Labute approximate surface area is 248 Å². The number of rotatable bonds is 6. The molecule has 6 rings (SSSR count). The zero-order chi connectivity index (χ0) is 30.6. The second-order valence-corrected chi connectivity index (χ2v) is 12.3. The van der Waals surface area contributed by atoms with Crippen LogP contribution in [0.1, 0.15) is 44.0 Å². The van der Waals surface area contributed by atoms with Crippen molar-refractivity contribution in [3.05, 3.63) is 92.0 Å². The topological polar surface area (TPSA) is 103 Å². The molecule has 0 aliphatic carbocycles. The van der Waals surface area contributed by atoms with Crippen LogP contribution >= 0.6 is 0 Å². The lowest BCUT2D eigenvalue weighted by Gasteiger charge is -2.30. The summed E-state index contributed by atoms with van der Waals surface area (Å²) in [4.78, 5) is 29.0. The normalized spacial score (nSPS) is 13.8. The molecular weight excluding hydrogens is 547 g/mol. The van der Waals surface area contributed by atoms with E-state index in [4.69, 9.17) is 0 Å². The lowest BCUT2D eigenvalue weighted by molar-refractivity contribution is 0.168. The van der Waals surface area contributed by atoms with Gasteiger partial charge in [-0.05, 0) is 67.2 Å². The van der Waals surface area contributed by atoms with Gasteiger partial charge in [-0.3, -0.25) is 19.2 Å². The summed E-state index contributed by atoms with van der Waals surface area (Å²) in [5.74, 6) is -0.00307. The van der Waals surface area contributed by atoms with E-state index in [1.165, 1.54) is 28.0 Å². The standard InChI is InChI=1S/C32H35FN8O2/c1-19-23(9-7-10-27(19)41-31(43)29-20(17-34-41)13-21(14-24(29)33)32(2,3)4)25-16-26(30(42)39(6)36-25)35-28-15-22(38(5)37-28)18-40-11-8-12-40/h7,9-10,13-17H,8,11-12,18H2,1-6H3,(H,35,37). The van der Waals surface area contributed by atoms with E-state index in [0.717, 1.165) is 30.9 Å². The third-order valence-electron chi connectivity index (χ3n) is 8.15. The number of nitrogens with one attached hydrogen (secondary N) is 1. The Morgan fingerprint density at radius 1 is 0.977 bits per heavy atom. The summed E-state index contributed by atoms with van der Waals surface area (Å²) in [7, 11) is 3.48. The molecule has 1 saturated heterocycles. The van der Waals surface area contributed by atoms with Crippen LogP contribution in [0.5, 0.6) is 0 Å². The molecule has 10 nitrogen and oxygen atoms in total. The van der Waals surface area contributed by atoms with E-state index in [2.05, 4.69) is 25.5 Å². The van der Waals surface area contributed by atoms with Gasteiger partial charge >= 0.3 is 0 Å². The average molecular weight is 583 g/mol. The Morgan fingerprint density at radius 3 is 2.44 bits per heavy atom. The summed E-state index contributed by atoms with van der Waals surface area (Å²) >= 11 is 0. The minimum Gasteiger partial charge on any atom is -0.334 e. The molecule has 2 aromatic carbocycles. The smallest absolute Gasteiger partial charge is 0.290 e. The van der Waals surface area contributed by atoms with E-state index in [1.807, 2.05) is 57.6 Å². The molecule has 4 heterocycles. The Morgan fingerprint density at radius 2 is 1.74 bits per heavy atom. The maximum atomic E-state index is 15.3. The van der Waals surface area contributed by atoms with Gasteiger partial charge in [0.2, 0.25) is 0 Å². The molecular formula is C32H35FN8O2. The van der Waals surface area contributed by atoms with E-state index in [1.54, 1.807) is 25.2 Å². The fourth-order valence-electron chi connectivity index (χ4n) is 5.42. The molecule has 0 spiro atoms. The van der Waals surface area contributed by atoms with Crippen LogP contribution in [0.4, 0.5) is 15.9 Å². The number of aromatic nitrogens is 6. The minimum atomic E-state index is -0.574. The molecule has 1 fully saturated rings. The maximum absolute atomic E-state index is 15.3. The van der Waals surface area contributed by atoms with Crippen molar-refractivity contribution >= 4 is 22.3 Å². The van der Waals surface area contributed by atoms with Crippen molar-refractivity contribution in [1.29, 1.82) is 0 Å². The molecule has 0 radical (unpaired) electrons. The van der Waals surface area contributed by atoms with E-state index >= 15 is 4.39 Å². The Kier molecular flexibility index (Phi) is 7.00. The van der Waals surface area contributed by atoms with Crippen LogP contribution in [-0.2, 0) is 26.1 Å². The van der Waals surface area contributed by atoms with E-state index in [9.17, 15) is 9.59 Å². The van der Waals surface area contributed by atoms with Crippen molar-refractivity contribution in [1.82, 2.24) is 34.2 Å². The molecule has 0 unspecified atom stereocenters. The van der Waals surface area contributed by atoms with Gasteiger partial charge in [0, 0.05) is 37.7 Å². The predicted molar refractivity (Wildman–Crippen MR) is 166 cm³/mol. The van der Waals surface area contributed by atoms with Crippen LogP contribution in [-0.4, -0.2) is 47.3 Å². The van der Waals surface area contributed by atoms with Crippen LogP contribution < -0.4 is 16.4 Å². The summed E-state index contributed by atoms with van der Waals surface area (Å²) in [6, 6.07) is 12.3. The highest BCUT2D eigenvalue weighted by Gasteiger charge is 2.21. The van der Waals surface area contributed by atoms with Crippen molar-refractivity contribution in [2.45, 2.75) is 46.1 Å². The van der Waals surface area contributed by atoms with Gasteiger partial charge in [0.1, 0.15) is 11.5 Å². The first-order valence-corrected chi connectivity index (χ1v) is 14.3. The van der Waals surface area contributed by atoms with Gasteiger partial charge in [0.15, 0.2) is 5.82 Å². The quantitative estimate of drug-likeness (QED) is 0.313. The van der Waals surface area contributed by atoms with Gasteiger partial charge in [0.25, 0.3) is 11.1 Å². The predicted octanol–water partition coefficient (Wildman–Crippen LogP) is 4.57. The molecule has 43 heavy (non-hydrogen) atoms. The second-order valence-electron chi connectivity index (χ2n) is 12.3. The molecule has 1 N–H and O–H groups in total. The number of benzene rings is 2. The Bertz CT molecular complexity index is 2000. The molecule has 222 valence electrons. The monoisotopic (exact) mass is 582 g/mol. The summed E-state index contributed by atoms with van der Waals surface area (Å²) < 4.78 is 19.6. The minimum absolute atomic E-state index is 0.0108. The Balaban J connectivity index is 1.38. The zero-order valence-corrected chi connectivity index (χ0v) is 25.3. The molecule has 0 bridgehead atoms. The first-order valence-electron chi connectivity index (χ1n) is 14.3. The molecule has 0 atom stereocenters. The third-order valence-corrected chi connectivity index (χ3v) is 8.15. The van der Waals surface area contributed by atoms with Crippen LogP contribution in [0, 0.1) is 12.7 Å². The lowest BCUT2D eigenvalue weighted by atomic mass is 9.86. The zero-order valence-electron chi connectivity index (χ0n) is 25.3. The van der Waals surface area contributed by atoms with Crippen molar-refractivity contribution in [3.8, 4) is 16.9 Å². The van der Waals surface area contributed by atoms with Crippen molar-refractivity contribution in [2.75, 3.05) is 18.4 Å². The maximum Gasteiger partial charge on any atom is 0.290 e. The fourth-order valence-corrected chi connectivity index (χ4v) is 5.42. The summed E-state index contributed by atoms with van der Waals surface area (Å²) in [6.07, 6.45) is 2.73. The second kappa shape index (κ2) is 10.6. The average Bonchev–Trinajstić information content (AvgIpc) is 3.27. The number of hydrogen-bond acceptors (Lipinski definition) is 7. The van der Waals surface area contributed by atoms with Crippen LogP contribution in [0.15, 0.2) is 58.3 Å². The van der Waals surface area contributed by atoms with Gasteiger partial charge in [-0.2, -0.15) is 20.0 Å². The molecule has 0 amide bonds. The highest BCUT2D eigenvalue weighted by Crippen LogP contribution is 2.29. The van der Waals surface area contributed by atoms with Crippen molar-refractivity contribution in [3.63, 3.8) is 0 Å². The number of anilines is 2. The van der Waals surface area contributed by atoms with Gasteiger partial charge < -0.3 is 5.32 Å².